The number of nitrogens with one attached hydrogen (secondary N) is 1. The molecule has 2 aromatic rings. The van der Waals surface area contributed by atoms with E-state index in [2.05, 4.69) is 10.3 Å². The van der Waals surface area contributed by atoms with Crippen LogP contribution in [0.5, 0.6) is 0 Å². The molecule has 0 atom stereocenters. The van der Waals surface area contributed by atoms with Crippen molar-refractivity contribution in [2.45, 2.75) is 20.3 Å². The van der Waals surface area contributed by atoms with Gasteiger partial charge in [0.05, 0.1) is 0 Å². The van der Waals surface area contributed by atoms with Crippen LogP contribution in [-0.2, 0) is 11.2 Å². The zero-order valence-corrected chi connectivity index (χ0v) is 16.1. The maximum absolute atomic E-state index is 12.7. The van der Waals surface area contributed by atoms with E-state index in [0.717, 1.165) is 29.6 Å². The minimum Gasteiger partial charge on any atom is -0.342 e. The average Bonchev–Trinajstić information content (AvgIpc) is 2.74. The third-order valence-corrected chi connectivity index (χ3v) is 4.97. The number of hydrogen-bond donors (Lipinski definition) is 1. The van der Waals surface area contributed by atoms with Gasteiger partial charge in [-0.3, -0.25) is 19.4 Å². The number of nitrogens with zero attached hydrogens (tertiary/aromatic N) is 3. The number of carbonyl (C=O) groups is 3. The van der Waals surface area contributed by atoms with E-state index in [1.165, 1.54) is 12.3 Å². The maximum Gasteiger partial charge on any atom is 0.274 e. The molecule has 1 saturated heterocycles. The zero-order valence-electron chi connectivity index (χ0n) is 16.1. The zero-order chi connectivity index (χ0) is 20.1. The topological polar surface area (TPSA) is 82.6 Å². The summed E-state index contributed by atoms with van der Waals surface area (Å²) >= 11 is 0. The van der Waals surface area contributed by atoms with Gasteiger partial charge in [-0.15, -0.1) is 0 Å². The largest absolute Gasteiger partial charge is 0.342 e. The Labute approximate surface area is 164 Å². The van der Waals surface area contributed by atoms with E-state index in [-0.39, 0.29) is 17.5 Å². The molecule has 1 aromatic heterocycles. The first-order valence-corrected chi connectivity index (χ1v) is 9.38. The molecule has 1 N–H and O–H groups in total. The van der Waals surface area contributed by atoms with E-state index < -0.39 is 0 Å². The predicted octanol–water partition coefficient (Wildman–Crippen LogP) is 2.12. The number of hydrogen-bond acceptors (Lipinski definition) is 4. The number of benzene rings is 1. The number of pyridine rings is 1. The summed E-state index contributed by atoms with van der Waals surface area (Å²) in [5.41, 5.74) is 3.43. The van der Waals surface area contributed by atoms with Crippen LogP contribution in [0.2, 0.25) is 0 Å². The third-order valence-electron chi connectivity index (χ3n) is 4.97. The van der Waals surface area contributed by atoms with Crippen molar-refractivity contribution in [3.8, 4) is 0 Å². The Morgan fingerprint density at radius 1 is 1.18 bits per heavy atom. The highest BCUT2D eigenvalue weighted by Gasteiger charge is 2.22. The first-order valence-electron chi connectivity index (χ1n) is 9.38. The number of piperazine rings is 1. The fourth-order valence-corrected chi connectivity index (χ4v) is 3.28. The lowest BCUT2D eigenvalue weighted by Crippen LogP contribution is -2.48. The van der Waals surface area contributed by atoms with Gasteiger partial charge in [0.2, 0.25) is 6.41 Å². The highest BCUT2D eigenvalue weighted by Crippen LogP contribution is 2.22. The lowest BCUT2D eigenvalue weighted by atomic mass is 10.1. The van der Waals surface area contributed by atoms with E-state index >= 15 is 0 Å². The van der Waals surface area contributed by atoms with Crippen LogP contribution in [0.4, 0.5) is 5.69 Å². The molecule has 0 spiro atoms. The molecule has 0 unspecified atom stereocenters. The Balaban J connectivity index is 1.75. The molecule has 7 heteroatoms. The van der Waals surface area contributed by atoms with Crippen molar-refractivity contribution in [1.29, 1.82) is 0 Å². The van der Waals surface area contributed by atoms with Gasteiger partial charge in [-0.1, -0.05) is 25.1 Å². The van der Waals surface area contributed by atoms with Gasteiger partial charge in [-0.25, -0.2) is 0 Å². The molecule has 7 nitrogen and oxygen atoms in total. The molecule has 2 heterocycles. The van der Waals surface area contributed by atoms with Crippen molar-refractivity contribution < 1.29 is 14.4 Å². The number of rotatable bonds is 5. The first-order chi connectivity index (χ1) is 13.5. The van der Waals surface area contributed by atoms with Crippen LogP contribution in [0.3, 0.4) is 0 Å². The molecule has 1 aromatic carbocycles. The summed E-state index contributed by atoms with van der Waals surface area (Å²) in [5, 5.41) is 2.93. The molecule has 0 bridgehead atoms. The molecular formula is C21H24N4O3. The second kappa shape index (κ2) is 8.65. The van der Waals surface area contributed by atoms with Crippen LogP contribution < -0.4 is 5.32 Å². The van der Waals surface area contributed by atoms with Gasteiger partial charge >= 0.3 is 0 Å². The Morgan fingerprint density at radius 3 is 2.61 bits per heavy atom. The van der Waals surface area contributed by atoms with Crippen LogP contribution >= 0.6 is 0 Å². The lowest BCUT2D eigenvalue weighted by Gasteiger charge is -2.32. The molecule has 1 fully saturated rings. The summed E-state index contributed by atoms with van der Waals surface area (Å²) < 4.78 is 0. The number of aromatic nitrogens is 1. The standard InChI is InChI=1S/C21H24N4O3/c1-3-16-6-4-5-15(2)19(16)23-20(27)18-13-17(7-8-22-18)21(28)25-11-9-24(14-26)10-12-25/h4-8,13-14H,3,9-12H2,1-2H3,(H,23,27). The first kappa shape index (κ1) is 19.5. The van der Waals surface area contributed by atoms with Gasteiger partial charge in [0.1, 0.15) is 5.69 Å². The van der Waals surface area contributed by atoms with Crippen LogP contribution in [-0.4, -0.2) is 59.2 Å². The van der Waals surface area contributed by atoms with Gasteiger partial charge in [0.15, 0.2) is 0 Å². The molecular weight excluding hydrogens is 356 g/mol. The second-order valence-corrected chi connectivity index (χ2v) is 6.78. The van der Waals surface area contributed by atoms with E-state index in [1.54, 1.807) is 15.9 Å². The third kappa shape index (κ3) is 4.19. The molecule has 3 amide bonds. The normalized spacial score (nSPS) is 13.9. The maximum atomic E-state index is 12.7. The van der Waals surface area contributed by atoms with E-state index in [0.29, 0.717) is 31.7 Å². The van der Waals surface area contributed by atoms with Gasteiger partial charge < -0.3 is 15.1 Å². The van der Waals surface area contributed by atoms with Crippen LogP contribution in [0.25, 0.3) is 0 Å². The minimum absolute atomic E-state index is 0.160. The summed E-state index contributed by atoms with van der Waals surface area (Å²) in [6.45, 7) is 5.96. The number of para-hydroxylation sites is 1. The lowest BCUT2D eigenvalue weighted by molar-refractivity contribution is -0.119. The molecule has 1 aliphatic heterocycles. The van der Waals surface area contributed by atoms with Crippen molar-refractivity contribution in [3.63, 3.8) is 0 Å². The van der Waals surface area contributed by atoms with Crippen molar-refractivity contribution in [2.24, 2.45) is 0 Å². The summed E-state index contributed by atoms with van der Waals surface area (Å²) in [5.74, 6) is -0.503. The SMILES string of the molecule is CCc1cccc(C)c1NC(=O)c1cc(C(=O)N2CCN(C=O)CC2)ccn1. The van der Waals surface area contributed by atoms with Crippen molar-refractivity contribution in [1.82, 2.24) is 14.8 Å². The molecule has 146 valence electrons. The number of aryl methyl sites for hydroxylation is 2. The smallest absolute Gasteiger partial charge is 0.274 e. The number of anilines is 1. The monoisotopic (exact) mass is 380 g/mol. The van der Waals surface area contributed by atoms with Crippen molar-refractivity contribution in [2.75, 3.05) is 31.5 Å². The Bertz CT molecular complexity index is 889. The van der Waals surface area contributed by atoms with Crippen molar-refractivity contribution in [3.05, 3.63) is 58.9 Å². The predicted molar refractivity (Wildman–Crippen MR) is 106 cm³/mol. The van der Waals surface area contributed by atoms with Crippen LogP contribution in [0, 0.1) is 6.92 Å². The average molecular weight is 380 g/mol. The van der Waals surface area contributed by atoms with Gasteiger partial charge in [-0.05, 0) is 36.6 Å². The van der Waals surface area contributed by atoms with Crippen LogP contribution in [0.1, 0.15) is 38.9 Å². The molecule has 28 heavy (non-hydrogen) atoms. The quantitative estimate of drug-likeness (QED) is 0.806. The van der Waals surface area contributed by atoms with E-state index in [1.807, 2.05) is 32.0 Å². The highest BCUT2D eigenvalue weighted by atomic mass is 16.2. The van der Waals surface area contributed by atoms with Gasteiger partial charge in [-0.2, -0.15) is 0 Å². The van der Waals surface area contributed by atoms with Gasteiger partial charge in [0.25, 0.3) is 11.8 Å². The number of amides is 3. The summed E-state index contributed by atoms with van der Waals surface area (Å²) in [6, 6.07) is 9.02. The Morgan fingerprint density at radius 2 is 1.93 bits per heavy atom. The fourth-order valence-electron chi connectivity index (χ4n) is 3.28. The summed E-state index contributed by atoms with van der Waals surface area (Å²) in [7, 11) is 0. The molecule has 0 aliphatic carbocycles. The van der Waals surface area contributed by atoms with E-state index in [4.69, 9.17) is 0 Å². The van der Waals surface area contributed by atoms with Gasteiger partial charge in [0, 0.05) is 43.6 Å². The summed E-state index contributed by atoms with van der Waals surface area (Å²) in [4.78, 5) is 43.7. The van der Waals surface area contributed by atoms with Crippen LogP contribution in [0.15, 0.2) is 36.5 Å². The number of carbonyl (C=O) groups excluding carboxylic acids is 3. The Kier molecular flexibility index (Phi) is 6.03. The van der Waals surface area contributed by atoms with Crippen molar-refractivity contribution >= 4 is 23.9 Å². The summed E-state index contributed by atoms with van der Waals surface area (Å²) in [6.07, 6.45) is 3.07. The second-order valence-electron chi connectivity index (χ2n) is 6.78. The Hall–Kier alpha value is -3.22. The fraction of sp³-hybridized carbons (Fsp3) is 0.333. The molecule has 0 saturated carbocycles. The van der Waals surface area contributed by atoms with E-state index in [9.17, 15) is 14.4 Å². The molecule has 3 rings (SSSR count). The molecule has 0 radical (unpaired) electrons. The highest BCUT2D eigenvalue weighted by molar-refractivity contribution is 6.05. The minimum atomic E-state index is -0.343. The molecule has 1 aliphatic rings.